The van der Waals surface area contributed by atoms with Crippen LogP contribution in [0.25, 0.3) is 0 Å². The molecule has 1 aliphatic heterocycles. The first-order chi connectivity index (χ1) is 9.24. The Morgan fingerprint density at radius 1 is 1.30 bits per heavy atom. The van der Waals surface area contributed by atoms with Crippen LogP contribution < -0.4 is 0 Å². The van der Waals surface area contributed by atoms with Crippen LogP contribution in [0, 0.1) is 0 Å². The first kappa shape index (κ1) is 16.9. The molecule has 0 aromatic heterocycles. The highest BCUT2D eigenvalue weighted by atomic mass is 32.2. The van der Waals surface area contributed by atoms with Crippen molar-refractivity contribution in [1.29, 1.82) is 0 Å². The van der Waals surface area contributed by atoms with Gasteiger partial charge in [-0.15, -0.1) is 0 Å². The lowest BCUT2D eigenvalue weighted by Gasteiger charge is -2.27. The Kier molecular flexibility index (Phi) is 5.94. The zero-order valence-corrected chi connectivity index (χ0v) is 12.7. The summed E-state index contributed by atoms with van der Waals surface area (Å²) >= 11 is 0. The zero-order valence-electron chi connectivity index (χ0n) is 11.9. The predicted molar refractivity (Wildman–Crippen MR) is 73.7 cm³/mol. The number of hydrogen-bond acceptors (Lipinski definition) is 4. The lowest BCUT2D eigenvalue weighted by Crippen LogP contribution is -2.40. The third-order valence-corrected chi connectivity index (χ3v) is 5.25. The summed E-state index contributed by atoms with van der Waals surface area (Å²) in [7, 11) is -3.19. The van der Waals surface area contributed by atoms with Crippen molar-refractivity contribution in [3.05, 3.63) is 0 Å². The van der Waals surface area contributed by atoms with Crippen LogP contribution in [0.3, 0.4) is 0 Å². The molecule has 0 radical (unpaired) electrons. The van der Waals surface area contributed by atoms with Gasteiger partial charge in [0.1, 0.15) is 0 Å². The van der Waals surface area contributed by atoms with Crippen molar-refractivity contribution in [2.24, 2.45) is 0 Å². The zero-order chi connectivity index (χ0) is 15.3. The van der Waals surface area contributed by atoms with Gasteiger partial charge in [0.25, 0.3) is 0 Å². The van der Waals surface area contributed by atoms with Gasteiger partial charge in [-0.1, -0.05) is 0 Å². The van der Waals surface area contributed by atoms with Gasteiger partial charge in [-0.3, -0.25) is 9.59 Å². The highest BCUT2D eigenvalue weighted by molar-refractivity contribution is 7.89. The normalized spacial score (nSPS) is 18.4. The molecule has 1 saturated heterocycles. The van der Waals surface area contributed by atoms with Crippen LogP contribution >= 0.6 is 0 Å². The van der Waals surface area contributed by atoms with Gasteiger partial charge in [-0.2, -0.15) is 0 Å². The van der Waals surface area contributed by atoms with Crippen molar-refractivity contribution in [1.82, 2.24) is 9.21 Å². The van der Waals surface area contributed by atoms with Crippen molar-refractivity contribution in [3.63, 3.8) is 0 Å². The fourth-order valence-electron chi connectivity index (χ4n) is 2.19. The van der Waals surface area contributed by atoms with Crippen LogP contribution in [-0.2, 0) is 19.6 Å². The van der Waals surface area contributed by atoms with Crippen molar-refractivity contribution in [2.45, 2.75) is 39.2 Å². The molecule has 0 saturated carbocycles. The van der Waals surface area contributed by atoms with E-state index in [1.54, 1.807) is 0 Å². The topological polar surface area (TPSA) is 95.0 Å². The van der Waals surface area contributed by atoms with Gasteiger partial charge in [0.2, 0.25) is 15.9 Å². The second kappa shape index (κ2) is 7.03. The van der Waals surface area contributed by atoms with E-state index < -0.39 is 16.0 Å². The Balaban J connectivity index is 2.52. The van der Waals surface area contributed by atoms with E-state index in [1.165, 1.54) is 9.21 Å². The largest absolute Gasteiger partial charge is 0.481 e. The Morgan fingerprint density at radius 3 is 2.40 bits per heavy atom. The maximum Gasteiger partial charge on any atom is 0.305 e. The number of sulfonamides is 1. The molecule has 1 aliphatic rings. The molecule has 0 bridgehead atoms. The summed E-state index contributed by atoms with van der Waals surface area (Å²) in [6.07, 6.45) is 0.590. The van der Waals surface area contributed by atoms with Crippen LogP contribution in [0.4, 0.5) is 0 Å². The van der Waals surface area contributed by atoms with Crippen LogP contribution in [0.5, 0.6) is 0 Å². The second-order valence-corrected chi connectivity index (χ2v) is 7.23. The maximum atomic E-state index is 12.1. The van der Waals surface area contributed by atoms with Crippen LogP contribution in [0.2, 0.25) is 0 Å². The Hall–Kier alpha value is -1.15. The lowest BCUT2D eigenvalue weighted by atomic mass is 10.2. The summed E-state index contributed by atoms with van der Waals surface area (Å²) in [6.45, 7) is 4.42. The third kappa shape index (κ3) is 4.75. The molecule has 20 heavy (non-hydrogen) atoms. The van der Waals surface area contributed by atoms with E-state index >= 15 is 0 Å². The van der Waals surface area contributed by atoms with Gasteiger partial charge in [0, 0.05) is 32.1 Å². The molecule has 1 fully saturated rings. The van der Waals surface area contributed by atoms with Gasteiger partial charge < -0.3 is 10.0 Å². The quantitative estimate of drug-likeness (QED) is 0.721. The van der Waals surface area contributed by atoms with Crippen molar-refractivity contribution in [3.8, 4) is 0 Å². The Labute approximate surface area is 119 Å². The van der Waals surface area contributed by atoms with E-state index in [-0.39, 0.29) is 43.6 Å². The smallest absolute Gasteiger partial charge is 0.305 e. The van der Waals surface area contributed by atoms with E-state index in [0.717, 1.165) is 0 Å². The minimum absolute atomic E-state index is 0.0943. The fraction of sp³-hybridized carbons (Fsp3) is 0.833. The van der Waals surface area contributed by atoms with Gasteiger partial charge in [0.15, 0.2) is 0 Å². The highest BCUT2D eigenvalue weighted by Crippen LogP contribution is 2.14. The summed E-state index contributed by atoms with van der Waals surface area (Å²) in [5.74, 6) is -1.01. The van der Waals surface area contributed by atoms with E-state index in [0.29, 0.717) is 13.0 Å². The van der Waals surface area contributed by atoms with Crippen LogP contribution in [-0.4, -0.2) is 66.0 Å². The number of nitrogens with zero attached hydrogens (tertiary/aromatic N) is 2. The number of carbonyl (C=O) groups excluding carboxylic acids is 1. The highest BCUT2D eigenvalue weighted by Gasteiger charge is 2.29. The van der Waals surface area contributed by atoms with Crippen molar-refractivity contribution in [2.75, 3.05) is 25.4 Å². The summed E-state index contributed by atoms with van der Waals surface area (Å²) in [5, 5.41) is 8.67. The van der Waals surface area contributed by atoms with Gasteiger partial charge in [-0.25, -0.2) is 12.7 Å². The molecule has 1 rings (SSSR count). The monoisotopic (exact) mass is 306 g/mol. The fourth-order valence-corrected chi connectivity index (χ4v) is 3.72. The maximum absolute atomic E-state index is 12.1. The molecule has 0 spiro atoms. The number of carboxylic acid groups (broad SMARTS) is 1. The van der Waals surface area contributed by atoms with Gasteiger partial charge in [-0.05, 0) is 20.3 Å². The van der Waals surface area contributed by atoms with Gasteiger partial charge >= 0.3 is 5.97 Å². The SMILES string of the molecule is CC(C)N(CCC(=O)O)C(=O)CCN1CCCS1(=O)=O. The molecular formula is C12H22N2O5S. The molecule has 1 N–H and O–H groups in total. The summed E-state index contributed by atoms with van der Waals surface area (Å²) in [5.41, 5.74) is 0. The number of aliphatic carboxylic acids is 1. The molecule has 1 heterocycles. The number of carbonyl (C=O) groups is 2. The summed E-state index contributed by atoms with van der Waals surface area (Å²) < 4.78 is 24.6. The van der Waals surface area contributed by atoms with E-state index in [4.69, 9.17) is 5.11 Å². The lowest BCUT2D eigenvalue weighted by molar-refractivity contribution is -0.139. The molecule has 0 aromatic rings. The molecule has 0 aromatic carbocycles. The van der Waals surface area contributed by atoms with E-state index in [9.17, 15) is 18.0 Å². The van der Waals surface area contributed by atoms with E-state index in [2.05, 4.69) is 0 Å². The first-order valence-corrected chi connectivity index (χ1v) is 8.34. The number of carboxylic acids is 1. The number of hydrogen-bond donors (Lipinski definition) is 1. The standard InChI is InChI=1S/C12H22N2O5S/c1-10(2)14(8-5-12(16)17)11(15)4-7-13-6-3-9-20(13,18)19/h10H,3-9H2,1-2H3,(H,16,17). The van der Waals surface area contributed by atoms with Gasteiger partial charge in [0.05, 0.1) is 12.2 Å². The predicted octanol–water partition coefficient (Wildman–Crippen LogP) is 0.124. The molecule has 1 amide bonds. The molecule has 0 atom stereocenters. The van der Waals surface area contributed by atoms with Crippen LogP contribution in [0.15, 0.2) is 0 Å². The third-order valence-electron chi connectivity index (χ3n) is 3.29. The first-order valence-electron chi connectivity index (χ1n) is 6.73. The summed E-state index contributed by atoms with van der Waals surface area (Å²) in [4.78, 5) is 24.1. The van der Waals surface area contributed by atoms with Crippen molar-refractivity contribution < 1.29 is 23.1 Å². The summed E-state index contributed by atoms with van der Waals surface area (Å²) in [6, 6.07) is -0.1000. The van der Waals surface area contributed by atoms with Crippen LogP contribution in [0.1, 0.15) is 33.1 Å². The number of rotatable bonds is 7. The Bertz CT molecular complexity index is 460. The molecule has 7 nitrogen and oxygen atoms in total. The molecule has 8 heteroatoms. The number of amides is 1. The Morgan fingerprint density at radius 2 is 1.95 bits per heavy atom. The van der Waals surface area contributed by atoms with Crippen molar-refractivity contribution >= 4 is 21.9 Å². The molecule has 0 unspecified atom stereocenters. The molecular weight excluding hydrogens is 284 g/mol. The molecule has 0 aliphatic carbocycles. The molecule has 116 valence electrons. The minimum Gasteiger partial charge on any atom is -0.481 e. The second-order valence-electron chi connectivity index (χ2n) is 5.14. The average molecular weight is 306 g/mol. The average Bonchev–Trinajstić information content (AvgIpc) is 2.65. The van der Waals surface area contributed by atoms with E-state index in [1.807, 2.05) is 13.8 Å². The minimum atomic E-state index is -3.19.